The third kappa shape index (κ3) is 1.19. The molecule has 0 atom stereocenters. The van der Waals surface area contributed by atoms with E-state index in [0.717, 1.165) is 5.92 Å². The number of nitrogens with zero attached hydrogens (tertiary/aromatic N) is 2. The molecule has 0 saturated heterocycles. The molecule has 2 aromatic heterocycles. The maximum Gasteiger partial charge on any atom is 0.194 e. The van der Waals surface area contributed by atoms with E-state index in [4.69, 9.17) is 4.98 Å². The summed E-state index contributed by atoms with van der Waals surface area (Å²) in [6.07, 6.45) is 10.3. The zero-order chi connectivity index (χ0) is 9.83. The maximum absolute atomic E-state index is 4.76. The first-order chi connectivity index (χ1) is 7.42. The summed E-state index contributed by atoms with van der Waals surface area (Å²) < 4.78 is 2.37. The van der Waals surface area contributed by atoms with Gasteiger partial charge in [0.1, 0.15) is 0 Å². The summed E-state index contributed by atoms with van der Waals surface area (Å²) in [4.78, 5) is 7.59. The van der Waals surface area contributed by atoms with Gasteiger partial charge in [0.05, 0.1) is 5.69 Å². The summed E-state index contributed by atoms with van der Waals surface area (Å²) in [5, 5.41) is 0. The van der Waals surface area contributed by atoms with Crippen LogP contribution in [0.5, 0.6) is 0 Å². The van der Waals surface area contributed by atoms with Crippen LogP contribution in [0, 0.1) is 0 Å². The summed E-state index contributed by atoms with van der Waals surface area (Å²) in [6, 6.07) is 0. The van der Waals surface area contributed by atoms with Gasteiger partial charge in [-0.05, 0) is 38.5 Å². The summed E-state index contributed by atoms with van der Waals surface area (Å²) in [6.45, 7) is 0. The highest BCUT2D eigenvalue weighted by Gasteiger charge is 2.27. The normalized spacial score (nSPS) is 20.8. The Labute approximate surface area is 93.0 Å². The molecule has 2 aliphatic rings. The Kier molecular flexibility index (Phi) is 1.58. The molecule has 2 heterocycles. The second kappa shape index (κ2) is 2.85. The molecule has 0 bridgehead atoms. The van der Waals surface area contributed by atoms with Crippen LogP contribution in [0.25, 0.3) is 4.96 Å². The molecule has 0 unspecified atom stereocenters. The number of aromatic nitrogens is 2. The fourth-order valence-corrected chi connectivity index (χ4v) is 3.76. The molecule has 1 fully saturated rings. The molecule has 0 radical (unpaired) electrons. The molecule has 2 aromatic rings. The van der Waals surface area contributed by atoms with Crippen LogP contribution in [0.15, 0.2) is 6.20 Å². The van der Waals surface area contributed by atoms with Crippen molar-refractivity contribution in [3.05, 3.63) is 22.5 Å². The van der Waals surface area contributed by atoms with Crippen LogP contribution in [-0.2, 0) is 12.8 Å². The van der Waals surface area contributed by atoms with E-state index in [1.807, 2.05) is 11.3 Å². The van der Waals surface area contributed by atoms with Crippen LogP contribution in [0.3, 0.4) is 0 Å². The van der Waals surface area contributed by atoms with Crippen LogP contribution in [0.4, 0.5) is 0 Å². The summed E-state index contributed by atoms with van der Waals surface area (Å²) in [7, 11) is 0. The predicted octanol–water partition coefficient (Wildman–Crippen LogP) is 3.15. The van der Waals surface area contributed by atoms with Crippen LogP contribution in [0.1, 0.15) is 47.9 Å². The van der Waals surface area contributed by atoms with E-state index in [2.05, 4.69) is 10.6 Å². The third-order valence-corrected chi connectivity index (χ3v) is 4.74. The lowest BCUT2D eigenvalue weighted by Gasteiger charge is -2.09. The van der Waals surface area contributed by atoms with Gasteiger partial charge >= 0.3 is 0 Å². The summed E-state index contributed by atoms with van der Waals surface area (Å²) >= 11 is 1.92. The zero-order valence-corrected chi connectivity index (χ0v) is 9.52. The Bertz CT molecular complexity index is 519. The fraction of sp³-hybridized carbons (Fsp3) is 0.583. The van der Waals surface area contributed by atoms with E-state index in [-0.39, 0.29) is 0 Å². The van der Waals surface area contributed by atoms with E-state index in [1.165, 1.54) is 49.2 Å². The minimum atomic E-state index is 0.788. The number of imidazole rings is 1. The Balaban J connectivity index is 1.91. The van der Waals surface area contributed by atoms with Crippen molar-refractivity contribution in [3.63, 3.8) is 0 Å². The maximum atomic E-state index is 4.76. The molecule has 2 aliphatic carbocycles. The summed E-state index contributed by atoms with van der Waals surface area (Å²) in [5.74, 6) is 0.788. The van der Waals surface area contributed by atoms with Gasteiger partial charge < -0.3 is 0 Å². The first-order valence-corrected chi connectivity index (χ1v) is 6.73. The van der Waals surface area contributed by atoms with Gasteiger partial charge in [-0.15, -0.1) is 11.3 Å². The van der Waals surface area contributed by atoms with Crippen LogP contribution < -0.4 is 0 Å². The lowest BCUT2D eigenvalue weighted by Crippen LogP contribution is -2.01. The number of hydrogen-bond acceptors (Lipinski definition) is 2. The lowest BCUT2D eigenvalue weighted by atomic mass is 10.0. The molecule has 78 valence electrons. The van der Waals surface area contributed by atoms with Gasteiger partial charge in [-0.1, -0.05) is 0 Å². The molecule has 1 saturated carbocycles. The van der Waals surface area contributed by atoms with Crippen molar-refractivity contribution < 1.29 is 0 Å². The first-order valence-electron chi connectivity index (χ1n) is 5.91. The zero-order valence-electron chi connectivity index (χ0n) is 8.70. The van der Waals surface area contributed by atoms with Crippen molar-refractivity contribution in [3.8, 4) is 0 Å². The molecule has 3 heteroatoms. The quantitative estimate of drug-likeness (QED) is 0.718. The Hall–Kier alpha value is -0.830. The standard InChI is InChI=1S/C12H14N2S/c1-2-4-11-10(3-1)14-7-9(8-5-6-8)13-12(14)15-11/h7-8H,1-6H2. The SMILES string of the molecule is c1c(C2CC2)nc2sc3c(n12)CCCC3. The Morgan fingerprint density at radius 1 is 1.27 bits per heavy atom. The van der Waals surface area contributed by atoms with Crippen molar-refractivity contribution in [2.24, 2.45) is 0 Å². The Morgan fingerprint density at radius 2 is 2.13 bits per heavy atom. The highest BCUT2D eigenvalue weighted by Crippen LogP contribution is 2.41. The second-order valence-corrected chi connectivity index (χ2v) is 5.83. The van der Waals surface area contributed by atoms with Gasteiger partial charge in [0.15, 0.2) is 4.96 Å². The average Bonchev–Trinajstić information content (AvgIpc) is 2.93. The second-order valence-electron chi connectivity index (χ2n) is 4.77. The van der Waals surface area contributed by atoms with Crippen LogP contribution in [0.2, 0.25) is 0 Å². The van der Waals surface area contributed by atoms with Gasteiger partial charge in [-0.25, -0.2) is 4.98 Å². The van der Waals surface area contributed by atoms with Crippen molar-refractivity contribution >= 4 is 16.3 Å². The van der Waals surface area contributed by atoms with E-state index in [1.54, 1.807) is 10.6 Å². The number of hydrogen-bond donors (Lipinski definition) is 0. The molecular weight excluding hydrogens is 204 g/mol. The first kappa shape index (κ1) is 8.34. The molecule has 15 heavy (non-hydrogen) atoms. The third-order valence-electron chi connectivity index (χ3n) is 3.58. The molecule has 0 N–H and O–H groups in total. The molecular formula is C12H14N2S. The largest absolute Gasteiger partial charge is 0.294 e. The minimum Gasteiger partial charge on any atom is -0.294 e. The number of fused-ring (bicyclic) bond motifs is 3. The van der Waals surface area contributed by atoms with Gasteiger partial charge in [0, 0.05) is 22.7 Å². The highest BCUT2D eigenvalue weighted by atomic mass is 32.1. The van der Waals surface area contributed by atoms with Gasteiger partial charge in [-0.3, -0.25) is 4.40 Å². The monoisotopic (exact) mass is 218 g/mol. The number of rotatable bonds is 1. The van der Waals surface area contributed by atoms with Crippen molar-refractivity contribution in [2.75, 3.05) is 0 Å². The van der Waals surface area contributed by atoms with E-state index in [0.29, 0.717) is 0 Å². The predicted molar refractivity (Wildman–Crippen MR) is 61.7 cm³/mol. The fourth-order valence-electron chi connectivity index (χ4n) is 2.56. The van der Waals surface area contributed by atoms with E-state index >= 15 is 0 Å². The molecule has 2 nitrogen and oxygen atoms in total. The smallest absolute Gasteiger partial charge is 0.194 e. The van der Waals surface area contributed by atoms with Gasteiger partial charge in [-0.2, -0.15) is 0 Å². The molecule has 0 aromatic carbocycles. The Morgan fingerprint density at radius 3 is 3.00 bits per heavy atom. The average molecular weight is 218 g/mol. The number of thiazole rings is 1. The van der Waals surface area contributed by atoms with Crippen LogP contribution >= 0.6 is 11.3 Å². The van der Waals surface area contributed by atoms with Gasteiger partial charge in [0.2, 0.25) is 0 Å². The molecule has 0 aliphatic heterocycles. The summed E-state index contributed by atoms with van der Waals surface area (Å²) in [5.41, 5.74) is 2.90. The van der Waals surface area contributed by atoms with Gasteiger partial charge in [0.25, 0.3) is 0 Å². The van der Waals surface area contributed by atoms with Crippen molar-refractivity contribution in [2.45, 2.75) is 44.4 Å². The molecule has 4 rings (SSSR count). The number of aryl methyl sites for hydroxylation is 2. The van der Waals surface area contributed by atoms with E-state index in [9.17, 15) is 0 Å². The molecule has 0 spiro atoms. The lowest BCUT2D eigenvalue weighted by molar-refractivity contribution is 0.674. The van der Waals surface area contributed by atoms with Crippen molar-refractivity contribution in [1.82, 2.24) is 9.38 Å². The van der Waals surface area contributed by atoms with Crippen LogP contribution in [-0.4, -0.2) is 9.38 Å². The minimum absolute atomic E-state index is 0.788. The molecule has 0 amide bonds. The topological polar surface area (TPSA) is 17.3 Å². The highest BCUT2D eigenvalue weighted by molar-refractivity contribution is 7.17. The van der Waals surface area contributed by atoms with Crippen molar-refractivity contribution in [1.29, 1.82) is 0 Å². The van der Waals surface area contributed by atoms with E-state index < -0.39 is 0 Å².